The van der Waals surface area contributed by atoms with Crippen molar-refractivity contribution < 1.29 is 4.79 Å². The predicted octanol–water partition coefficient (Wildman–Crippen LogP) is 4.28. The molecule has 0 amide bonds. The molecule has 0 aliphatic heterocycles. The Kier molecular flexibility index (Phi) is 5.54. The zero-order chi connectivity index (χ0) is 14.2. The number of imidazole rings is 1. The molecule has 0 aliphatic rings. The van der Waals surface area contributed by atoms with E-state index in [2.05, 4.69) is 11.9 Å². The minimum absolute atomic E-state index is 0.128. The van der Waals surface area contributed by atoms with Crippen molar-refractivity contribution in [3.63, 3.8) is 0 Å². The van der Waals surface area contributed by atoms with Crippen molar-refractivity contribution in [1.82, 2.24) is 9.55 Å². The fourth-order valence-electron chi connectivity index (χ4n) is 2.43. The Hall–Kier alpha value is -1.90. The smallest absolute Gasteiger partial charge is 0.185 e. The van der Waals surface area contributed by atoms with E-state index >= 15 is 0 Å². The van der Waals surface area contributed by atoms with E-state index < -0.39 is 0 Å². The van der Waals surface area contributed by atoms with Gasteiger partial charge in [0, 0.05) is 18.0 Å². The van der Waals surface area contributed by atoms with Crippen LogP contribution >= 0.6 is 0 Å². The number of benzene rings is 1. The number of carbonyl (C=O) groups excluding carboxylic acids is 1. The van der Waals surface area contributed by atoms with Gasteiger partial charge in [-0.05, 0) is 6.42 Å². The second-order valence-corrected chi connectivity index (χ2v) is 5.11. The van der Waals surface area contributed by atoms with Crippen LogP contribution in [0.1, 0.15) is 55.4 Å². The lowest BCUT2D eigenvalue weighted by Gasteiger charge is -2.17. The van der Waals surface area contributed by atoms with Gasteiger partial charge < -0.3 is 4.57 Å². The van der Waals surface area contributed by atoms with Crippen molar-refractivity contribution in [2.75, 3.05) is 0 Å². The van der Waals surface area contributed by atoms with E-state index in [4.69, 9.17) is 0 Å². The normalized spacial score (nSPS) is 12.2. The van der Waals surface area contributed by atoms with Crippen LogP contribution in [0.2, 0.25) is 0 Å². The third-order valence-corrected chi connectivity index (χ3v) is 3.58. The number of aromatic nitrogens is 2. The van der Waals surface area contributed by atoms with Crippen molar-refractivity contribution in [1.29, 1.82) is 0 Å². The largest absolute Gasteiger partial charge is 0.327 e. The summed E-state index contributed by atoms with van der Waals surface area (Å²) < 4.78 is 1.93. The molecule has 1 aromatic heterocycles. The second kappa shape index (κ2) is 7.63. The highest BCUT2D eigenvalue weighted by atomic mass is 16.1. The molecule has 1 atom stereocenters. The molecule has 20 heavy (non-hydrogen) atoms. The molecule has 0 aliphatic carbocycles. The molecule has 1 unspecified atom stereocenters. The number of ketones is 1. The zero-order valence-electron chi connectivity index (χ0n) is 12.0. The maximum absolute atomic E-state index is 12.7. The molecule has 0 fully saturated rings. The minimum atomic E-state index is -0.128. The summed E-state index contributed by atoms with van der Waals surface area (Å²) >= 11 is 0. The minimum Gasteiger partial charge on any atom is -0.327 e. The van der Waals surface area contributed by atoms with Crippen molar-refractivity contribution in [2.24, 2.45) is 0 Å². The summed E-state index contributed by atoms with van der Waals surface area (Å²) in [5.74, 6) is 0.181. The fraction of sp³-hybridized carbons (Fsp3) is 0.412. The van der Waals surface area contributed by atoms with E-state index in [0.717, 1.165) is 18.4 Å². The maximum Gasteiger partial charge on any atom is 0.185 e. The van der Waals surface area contributed by atoms with E-state index in [9.17, 15) is 4.79 Å². The van der Waals surface area contributed by atoms with E-state index in [-0.39, 0.29) is 11.8 Å². The number of carbonyl (C=O) groups is 1. The standard InChI is InChI=1S/C17H22N2O/c1-2-3-4-8-11-16(19-13-12-18-14-19)17(20)15-9-6-5-7-10-15/h5-7,9-10,12-14,16H,2-4,8,11H2,1H3. The number of rotatable bonds is 8. The first-order valence-corrected chi connectivity index (χ1v) is 7.39. The summed E-state index contributed by atoms with van der Waals surface area (Å²) in [6, 6.07) is 9.41. The van der Waals surface area contributed by atoms with Crippen LogP contribution in [0.25, 0.3) is 0 Å². The van der Waals surface area contributed by atoms with Crippen LogP contribution in [0.15, 0.2) is 49.1 Å². The topological polar surface area (TPSA) is 34.9 Å². The molecule has 106 valence electrons. The second-order valence-electron chi connectivity index (χ2n) is 5.11. The molecule has 0 radical (unpaired) electrons. The Morgan fingerprint density at radius 1 is 1.20 bits per heavy atom. The van der Waals surface area contributed by atoms with Gasteiger partial charge in [-0.15, -0.1) is 0 Å². The molecule has 1 aromatic carbocycles. The molecule has 0 bridgehead atoms. The van der Waals surface area contributed by atoms with Crippen molar-refractivity contribution >= 4 is 5.78 Å². The third kappa shape index (κ3) is 3.80. The molecule has 0 N–H and O–H groups in total. The first-order valence-electron chi connectivity index (χ1n) is 7.39. The predicted molar refractivity (Wildman–Crippen MR) is 80.8 cm³/mol. The first kappa shape index (κ1) is 14.5. The van der Waals surface area contributed by atoms with Gasteiger partial charge in [-0.1, -0.05) is 62.9 Å². The average molecular weight is 270 g/mol. The van der Waals surface area contributed by atoms with Gasteiger partial charge in [0.05, 0.1) is 12.4 Å². The molecule has 3 nitrogen and oxygen atoms in total. The van der Waals surface area contributed by atoms with E-state index in [1.807, 2.05) is 41.1 Å². The molecule has 0 spiro atoms. The van der Waals surface area contributed by atoms with Gasteiger partial charge in [0.1, 0.15) is 0 Å². The molecule has 2 rings (SSSR count). The quantitative estimate of drug-likeness (QED) is 0.530. The highest BCUT2D eigenvalue weighted by Gasteiger charge is 2.20. The van der Waals surface area contributed by atoms with Crippen LogP contribution in [-0.2, 0) is 0 Å². The number of Topliss-reactive ketones (excluding diaryl/α,β-unsaturated/α-hetero) is 1. The third-order valence-electron chi connectivity index (χ3n) is 3.58. The van der Waals surface area contributed by atoms with E-state index in [1.54, 1.807) is 12.5 Å². The Morgan fingerprint density at radius 2 is 2.00 bits per heavy atom. The average Bonchev–Trinajstić information content (AvgIpc) is 3.02. The summed E-state index contributed by atoms with van der Waals surface area (Å²) in [5.41, 5.74) is 0.779. The molecule has 3 heteroatoms. The summed E-state index contributed by atoms with van der Waals surface area (Å²) in [6.07, 6.45) is 10.9. The monoisotopic (exact) mass is 270 g/mol. The molecular weight excluding hydrogens is 248 g/mol. The SMILES string of the molecule is CCCCCCC(C(=O)c1ccccc1)n1ccnc1. The van der Waals surface area contributed by atoms with Gasteiger partial charge in [-0.25, -0.2) is 4.98 Å². The number of unbranched alkanes of at least 4 members (excludes halogenated alkanes) is 3. The van der Waals surface area contributed by atoms with Crippen LogP contribution in [0, 0.1) is 0 Å². The highest BCUT2D eigenvalue weighted by Crippen LogP contribution is 2.21. The Bertz CT molecular complexity index is 505. The highest BCUT2D eigenvalue weighted by molar-refractivity contribution is 5.98. The number of hydrogen-bond acceptors (Lipinski definition) is 2. The molecular formula is C17H22N2O. The van der Waals surface area contributed by atoms with Crippen molar-refractivity contribution in [3.8, 4) is 0 Å². The van der Waals surface area contributed by atoms with Gasteiger partial charge in [0.2, 0.25) is 0 Å². The lowest BCUT2D eigenvalue weighted by atomic mass is 9.98. The molecule has 0 saturated heterocycles. The molecule has 0 saturated carbocycles. The van der Waals surface area contributed by atoms with Crippen LogP contribution in [-0.4, -0.2) is 15.3 Å². The van der Waals surface area contributed by atoms with Gasteiger partial charge in [-0.2, -0.15) is 0 Å². The summed E-state index contributed by atoms with van der Waals surface area (Å²) in [7, 11) is 0. The van der Waals surface area contributed by atoms with E-state index in [0.29, 0.717) is 0 Å². The van der Waals surface area contributed by atoms with Crippen LogP contribution < -0.4 is 0 Å². The van der Waals surface area contributed by atoms with Crippen molar-refractivity contribution in [2.45, 2.75) is 45.1 Å². The summed E-state index contributed by atoms with van der Waals surface area (Å²) in [4.78, 5) is 16.7. The zero-order valence-corrected chi connectivity index (χ0v) is 12.0. The molecule has 2 aromatic rings. The van der Waals surface area contributed by atoms with Gasteiger partial charge in [0.15, 0.2) is 5.78 Å². The van der Waals surface area contributed by atoms with Crippen LogP contribution in [0.4, 0.5) is 0 Å². The summed E-state index contributed by atoms with van der Waals surface area (Å²) in [6.45, 7) is 2.20. The van der Waals surface area contributed by atoms with Crippen LogP contribution in [0.5, 0.6) is 0 Å². The lowest BCUT2D eigenvalue weighted by Crippen LogP contribution is -2.18. The Morgan fingerprint density at radius 3 is 2.65 bits per heavy atom. The Balaban J connectivity index is 2.08. The first-order chi connectivity index (χ1) is 9.83. The fourth-order valence-corrected chi connectivity index (χ4v) is 2.43. The summed E-state index contributed by atoms with van der Waals surface area (Å²) in [5, 5.41) is 0. The van der Waals surface area contributed by atoms with Crippen LogP contribution in [0.3, 0.4) is 0 Å². The molecule has 1 heterocycles. The Labute approximate surface area is 120 Å². The number of nitrogens with zero attached hydrogens (tertiary/aromatic N) is 2. The van der Waals surface area contributed by atoms with Gasteiger partial charge in [-0.3, -0.25) is 4.79 Å². The maximum atomic E-state index is 12.7. The number of hydrogen-bond donors (Lipinski definition) is 0. The van der Waals surface area contributed by atoms with Gasteiger partial charge in [0.25, 0.3) is 0 Å². The van der Waals surface area contributed by atoms with Gasteiger partial charge >= 0.3 is 0 Å². The van der Waals surface area contributed by atoms with Crippen molar-refractivity contribution in [3.05, 3.63) is 54.6 Å². The van der Waals surface area contributed by atoms with E-state index in [1.165, 1.54) is 19.3 Å². The lowest BCUT2D eigenvalue weighted by molar-refractivity contribution is 0.0917.